The first-order valence-electron chi connectivity index (χ1n) is 8.62. The minimum Gasteiger partial charge on any atom is -0.480 e. The van der Waals surface area contributed by atoms with E-state index < -0.39 is 18.1 Å². The maximum Gasteiger partial charge on any atom is 0.326 e. The fourth-order valence-electron chi connectivity index (χ4n) is 3.24. The van der Waals surface area contributed by atoms with Crippen LogP contribution in [0.2, 0.25) is 10.0 Å². The summed E-state index contributed by atoms with van der Waals surface area (Å²) < 4.78 is 0. The van der Waals surface area contributed by atoms with Crippen LogP contribution in [0, 0.1) is 0 Å². The lowest BCUT2D eigenvalue weighted by atomic mass is 9.92. The summed E-state index contributed by atoms with van der Waals surface area (Å²) in [4.78, 5) is 35.4. The van der Waals surface area contributed by atoms with Gasteiger partial charge in [0.05, 0.1) is 12.5 Å². The molecule has 1 aliphatic rings. The van der Waals surface area contributed by atoms with Gasteiger partial charge in [-0.15, -0.1) is 0 Å². The number of amides is 1. The zero-order valence-corrected chi connectivity index (χ0v) is 16.5. The number of halogens is 2. The number of rotatable bonds is 5. The Bertz CT molecular complexity index is 944. The van der Waals surface area contributed by atoms with Crippen molar-refractivity contribution in [3.8, 4) is 0 Å². The van der Waals surface area contributed by atoms with Crippen molar-refractivity contribution < 1.29 is 19.5 Å². The summed E-state index contributed by atoms with van der Waals surface area (Å²) in [6.45, 7) is 1.48. The van der Waals surface area contributed by atoms with Crippen molar-refractivity contribution in [3.05, 3.63) is 63.1 Å². The predicted molar refractivity (Wildman–Crippen MR) is 107 cm³/mol. The van der Waals surface area contributed by atoms with E-state index in [0.29, 0.717) is 26.9 Å². The van der Waals surface area contributed by atoms with Crippen LogP contribution in [0.15, 0.2) is 36.4 Å². The van der Waals surface area contributed by atoms with Crippen molar-refractivity contribution in [1.82, 2.24) is 5.32 Å². The normalized spacial score (nSPS) is 18.0. The molecule has 3 N–H and O–H groups in total. The number of benzene rings is 2. The monoisotopic (exact) mass is 420 g/mol. The van der Waals surface area contributed by atoms with Gasteiger partial charge in [0, 0.05) is 33.3 Å². The minimum atomic E-state index is -1.03. The van der Waals surface area contributed by atoms with Gasteiger partial charge in [-0.25, -0.2) is 4.79 Å². The van der Waals surface area contributed by atoms with Crippen molar-refractivity contribution >= 4 is 46.5 Å². The SMILES string of the molecule is CC(=O)c1ccc(CC(=O)NC2CC(C(=O)O)Nc3cc(Cl)cc(Cl)c32)cc1. The average Bonchev–Trinajstić information content (AvgIpc) is 2.61. The number of aliphatic carboxylic acids is 1. The number of carboxylic acids is 1. The standard InChI is InChI=1S/C20H18Cl2N2O4/c1-10(25)12-4-2-11(3-5-12)6-18(26)24-16-9-17(20(27)28)23-15-8-13(21)7-14(22)19(15)16/h2-5,7-8,16-17,23H,6,9H2,1H3,(H,24,26)(H,27,28). The molecule has 0 saturated carbocycles. The van der Waals surface area contributed by atoms with Gasteiger partial charge in [0.2, 0.25) is 5.91 Å². The molecule has 28 heavy (non-hydrogen) atoms. The summed E-state index contributed by atoms with van der Waals surface area (Å²) in [5, 5.41) is 15.9. The maximum atomic E-state index is 12.5. The number of carbonyl (C=O) groups excluding carboxylic acids is 2. The molecule has 0 radical (unpaired) electrons. The molecule has 2 unspecified atom stereocenters. The zero-order chi connectivity index (χ0) is 20.4. The highest BCUT2D eigenvalue weighted by Gasteiger charge is 2.33. The summed E-state index contributed by atoms with van der Waals surface area (Å²) >= 11 is 12.3. The van der Waals surface area contributed by atoms with Crippen LogP contribution in [0.1, 0.15) is 40.9 Å². The Morgan fingerprint density at radius 1 is 1.18 bits per heavy atom. The van der Waals surface area contributed by atoms with Crippen LogP contribution in [0.25, 0.3) is 0 Å². The maximum absolute atomic E-state index is 12.5. The summed E-state index contributed by atoms with van der Waals surface area (Å²) in [7, 11) is 0. The van der Waals surface area contributed by atoms with E-state index in [4.69, 9.17) is 23.2 Å². The van der Waals surface area contributed by atoms with E-state index in [9.17, 15) is 19.5 Å². The van der Waals surface area contributed by atoms with Crippen molar-refractivity contribution in [2.24, 2.45) is 0 Å². The molecule has 0 aromatic heterocycles. The Balaban J connectivity index is 1.79. The van der Waals surface area contributed by atoms with E-state index in [0.717, 1.165) is 5.56 Å². The van der Waals surface area contributed by atoms with Gasteiger partial charge < -0.3 is 15.7 Å². The van der Waals surface area contributed by atoms with Crippen LogP contribution < -0.4 is 10.6 Å². The highest BCUT2D eigenvalue weighted by Crippen LogP contribution is 2.39. The molecule has 1 amide bonds. The highest BCUT2D eigenvalue weighted by molar-refractivity contribution is 6.35. The fraction of sp³-hybridized carbons (Fsp3) is 0.250. The molecular formula is C20H18Cl2N2O4. The first-order chi connectivity index (χ1) is 13.2. The second kappa shape index (κ2) is 8.20. The number of ketones is 1. The van der Waals surface area contributed by atoms with E-state index in [2.05, 4.69) is 10.6 Å². The molecule has 0 fully saturated rings. The molecule has 0 saturated heterocycles. The molecule has 8 heteroatoms. The number of carbonyl (C=O) groups is 3. The van der Waals surface area contributed by atoms with Gasteiger partial charge >= 0.3 is 5.97 Å². The topological polar surface area (TPSA) is 95.5 Å². The Hall–Kier alpha value is -2.57. The van der Waals surface area contributed by atoms with Gasteiger partial charge in [0.1, 0.15) is 6.04 Å². The molecule has 0 spiro atoms. The van der Waals surface area contributed by atoms with Crippen LogP contribution in [0.4, 0.5) is 5.69 Å². The molecule has 1 aliphatic heterocycles. The highest BCUT2D eigenvalue weighted by atomic mass is 35.5. The van der Waals surface area contributed by atoms with Crippen molar-refractivity contribution in [1.29, 1.82) is 0 Å². The minimum absolute atomic E-state index is 0.0460. The second-order valence-corrected chi connectivity index (χ2v) is 7.51. The quantitative estimate of drug-likeness (QED) is 0.638. The van der Waals surface area contributed by atoms with Gasteiger partial charge in [0.25, 0.3) is 0 Å². The van der Waals surface area contributed by atoms with Crippen LogP contribution in [-0.2, 0) is 16.0 Å². The smallest absolute Gasteiger partial charge is 0.326 e. The lowest BCUT2D eigenvalue weighted by Crippen LogP contribution is -2.41. The van der Waals surface area contributed by atoms with E-state index in [1.54, 1.807) is 36.4 Å². The lowest BCUT2D eigenvalue weighted by molar-refractivity contribution is -0.138. The molecule has 3 rings (SSSR count). The molecule has 2 atom stereocenters. The van der Waals surface area contributed by atoms with E-state index >= 15 is 0 Å². The molecule has 2 aromatic rings. The molecule has 6 nitrogen and oxygen atoms in total. The van der Waals surface area contributed by atoms with Crippen LogP contribution >= 0.6 is 23.2 Å². The van der Waals surface area contributed by atoms with Crippen molar-refractivity contribution in [3.63, 3.8) is 0 Å². The van der Waals surface area contributed by atoms with Gasteiger partial charge in [-0.1, -0.05) is 47.5 Å². The number of hydrogen-bond acceptors (Lipinski definition) is 4. The fourth-order valence-corrected chi connectivity index (χ4v) is 3.87. The predicted octanol–water partition coefficient (Wildman–Crippen LogP) is 3.86. The molecule has 146 valence electrons. The van der Waals surface area contributed by atoms with Crippen LogP contribution in [-0.4, -0.2) is 28.8 Å². The Kier molecular flexibility index (Phi) is 5.91. The number of carboxylic acid groups (broad SMARTS) is 1. The number of hydrogen-bond donors (Lipinski definition) is 3. The van der Waals surface area contributed by atoms with E-state index in [1.807, 2.05) is 0 Å². The Morgan fingerprint density at radius 2 is 1.86 bits per heavy atom. The van der Waals surface area contributed by atoms with Gasteiger partial charge in [-0.2, -0.15) is 0 Å². The molecule has 0 aliphatic carbocycles. The van der Waals surface area contributed by atoms with Crippen LogP contribution in [0.5, 0.6) is 0 Å². The summed E-state index contributed by atoms with van der Waals surface area (Å²) in [6, 6.07) is 8.50. The van der Waals surface area contributed by atoms with Gasteiger partial charge in [0.15, 0.2) is 5.78 Å². The number of fused-ring (bicyclic) bond motifs is 1. The van der Waals surface area contributed by atoms with E-state index in [1.165, 1.54) is 6.92 Å². The third-order valence-corrected chi connectivity index (χ3v) is 5.13. The summed E-state index contributed by atoms with van der Waals surface area (Å²) in [5.41, 5.74) is 2.43. The molecule has 0 bridgehead atoms. The molecule has 1 heterocycles. The summed E-state index contributed by atoms with van der Waals surface area (Å²) in [5.74, 6) is -1.35. The second-order valence-electron chi connectivity index (χ2n) is 6.67. The average molecular weight is 421 g/mol. The largest absolute Gasteiger partial charge is 0.480 e. The molecule has 2 aromatic carbocycles. The van der Waals surface area contributed by atoms with Gasteiger partial charge in [-0.05, 0) is 24.6 Å². The first-order valence-corrected chi connectivity index (χ1v) is 9.37. The Morgan fingerprint density at radius 3 is 2.46 bits per heavy atom. The number of anilines is 1. The molecular weight excluding hydrogens is 403 g/mol. The van der Waals surface area contributed by atoms with Crippen molar-refractivity contribution in [2.45, 2.75) is 31.8 Å². The first kappa shape index (κ1) is 20.2. The number of nitrogens with one attached hydrogen (secondary N) is 2. The Labute approximate surface area is 171 Å². The van der Waals surface area contributed by atoms with Crippen LogP contribution in [0.3, 0.4) is 0 Å². The zero-order valence-electron chi connectivity index (χ0n) is 15.0. The summed E-state index contributed by atoms with van der Waals surface area (Å²) in [6.07, 6.45) is 0.249. The van der Waals surface area contributed by atoms with Gasteiger partial charge in [-0.3, -0.25) is 9.59 Å². The lowest BCUT2D eigenvalue weighted by Gasteiger charge is -2.32. The third kappa shape index (κ3) is 4.46. The number of Topliss-reactive ketones (excluding diaryl/α,β-unsaturated/α-hetero) is 1. The third-order valence-electron chi connectivity index (χ3n) is 4.60. The van der Waals surface area contributed by atoms with E-state index in [-0.39, 0.29) is 24.5 Å². The van der Waals surface area contributed by atoms with Crippen molar-refractivity contribution in [2.75, 3.05) is 5.32 Å².